The summed E-state index contributed by atoms with van der Waals surface area (Å²) in [4.78, 5) is 34.3. The molecule has 0 unspecified atom stereocenters. The molecule has 24 heavy (non-hydrogen) atoms. The fourth-order valence-electron chi connectivity index (χ4n) is 1.66. The SMILES string of the molecule is CNC(=O)NC(=O)[C@H](C)OC(=O)/C=C/c1ccc(OC)c(OC)c1. The van der Waals surface area contributed by atoms with E-state index in [4.69, 9.17) is 14.2 Å². The third kappa shape index (κ3) is 5.64. The molecule has 8 heteroatoms. The van der Waals surface area contributed by atoms with Crippen molar-refractivity contribution in [2.24, 2.45) is 0 Å². The van der Waals surface area contributed by atoms with Crippen LogP contribution in [0.3, 0.4) is 0 Å². The molecule has 8 nitrogen and oxygen atoms in total. The molecular weight excluding hydrogens is 316 g/mol. The number of amides is 3. The fraction of sp³-hybridized carbons (Fsp3) is 0.312. The van der Waals surface area contributed by atoms with E-state index in [0.29, 0.717) is 17.1 Å². The van der Waals surface area contributed by atoms with Crippen LogP contribution in [0.4, 0.5) is 4.79 Å². The minimum Gasteiger partial charge on any atom is -0.493 e. The van der Waals surface area contributed by atoms with Crippen LogP contribution in [0.5, 0.6) is 11.5 Å². The number of ether oxygens (including phenoxy) is 3. The van der Waals surface area contributed by atoms with Gasteiger partial charge in [-0.25, -0.2) is 9.59 Å². The van der Waals surface area contributed by atoms with Crippen LogP contribution in [0.15, 0.2) is 24.3 Å². The molecule has 0 aromatic heterocycles. The van der Waals surface area contributed by atoms with E-state index in [9.17, 15) is 14.4 Å². The molecule has 0 fully saturated rings. The van der Waals surface area contributed by atoms with Crippen molar-refractivity contribution >= 4 is 24.0 Å². The van der Waals surface area contributed by atoms with Crippen LogP contribution in [0.2, 0.25) is 0 Å². The predicted molar refractivity (Wildman–Crippen MR) is 86.7 cm³/mol. The number of benzene rings is 1. The molecule has 0 radical (unpaired) electrons. The molecule has 130 valence electrons. The number of urea groups is 1. The van der Waals surface area contributed by atoms with Gasteiger partial charge in [-0.15, -0.1) is 0 Å². The topological polar surface area (TPSA) is 103 Å². The van der Waals surface area contributed by atoms with Crippen molar-refractivity contribution in [2.75, 3.05) is 21.3 Å². The summed E-state index contributed by atoms with van der Waals surface area (Å²) in [5, 5.41) is 4.24. The molecule has 1 aromatic carbocycles. The molecule has 0 aliphatic heterocycles. The highest BCUT2D eigenvalue weighted by molar-refractivity contribution is 5.97. The van der Waals surface area contributed by atoms with Crippen molar-refractivity contribution in [1.82, 2.24) is 10.6 Å². The van der Waals surface area contributed by atoms with Crippen LogP contribution in [-0.4, -0.2) is 45.3 Å². The minimum atomic E-state index is -1.11. The molecule has 2 N–H and O–H groups in total. The Kier molecular flexibility index (Phi) is 7.28. The highest BCUT2D eigenvalue weighted by atomic mass is 16.5. The average Bonchev–Trinajstić information content (AvgIpc) is 2.59. The van der Waals surface area contributed by atoms with Gasteiger partial charge in [-0.05, 0) is 30.7 Å². The maximum absolute atomic E-state index is 11.7. The molecule has 3 amide bonds. The first-order chi connectivity index (χ1) is 11.4. The Morgan fingerprint density at radius 2 is 1.79 bits per heavy atom. The van der Waals surface area contributed by atoms with Gasteiger partial charge in [0, 0.05) is 13.1 Å². The second-order valence-corrected chi connectivity index (χ2v) is 4.60. The third-order valence-electron chi connectivity index (χ3n) is 2.95. The Morgan fingerprint density at radius 3 is 2.38 bits per heavy atom. The fourth-order valence-corrected chi connectivity index (χ4v) is 1.66. The summed E-state index contributed by atoms with van der Waals surface area (Å²) in [5.41, 5.74) is 0.687. The van der Waals surface area contributed by atoms with Crippen LogP contribution in [0, 0.1) is 0 Å². The summed E-state index contributed by atoms with van der Waals surface area (Å²) < 4.78 is 15.2. The van der Waals surface area contributed by atoms with Gasteiger partial charge in [0.25, 0.3) is 5.91 Å². The molecular formula is C16H20N2O6. The van der Waals surface area contributed by atoms with Crippen LogP contribution < -0.4 is 20.1 Å². The zero-order valence-electron chi connectivity index (χ0n) is 13.9. The highest BCUT2D eigenvalue weighted by Gasteiger charge is 2.18. The minimum absolute atomic E-state index is 0.520. The quantitative estimate of drug-likeness (QED) is 0.596. The molecule has 1 atom stereocenters. The van der Waals surface area contributed by atoms with Crippen molar-refractivity contribution in [2.45, 2.75) is 13.0 Å². The van der Waals surface area contributed by atoms with Crippen LogP contribution in [-0.2, 0) is 14.3 Å². The Balaban J connectivity index is 2.65. The van der Waals surface area contributed by atoms with Crippen molar-refractivity contribution in [3.8, 4) is 11.5 Å². The first kappa shape index (κ1) is 19.0. The number of carbonyl (C=O) groups is 3. The number of nitrogens with one attached hydrogen (secondary N) is 2. The van der Waals surface area contributed by atoms with Crippen molar-refractivity contribution in [1.29, 1.82) is 0 Å². The first-order valence-electron chi connectivity index (χ1n) is 7.04. The largest absolute Gasteiger partial charge is 0.493 e. The number of rotatable bonds is 6. The summed E-state index contributed by atoms with van der Waals surface area (Å²) in [5.74, 6) is -0.352. The van der Waals surface area contributed by atoms with E-state index in [1.165, 1.54) is 40.3 Å². The standard InChI is InChI=1S/C16H20N2O6/c1-10(15(20)18-16(21)17-2)24-14(19)8-6-11-5-7-12(22-3)13(9-11)23-4/h5-10H,1-4H3,(H2,17,18,20,21)/b8-6+/t10-/m0/s1. The van der Waals surface area contributed by atoms with E-state index < -0.39 is 24.0 Å². The summed E-state index contributed by atoms with van der Waals surface area (Å²) in [7, 11) is 4.40. The van der Waals surface area contributed by atoms with Gasteiger partial charge in [-0.1, -0.05) is 6.07 Å². The second kappa shape index (κ2) is 9.19. The number of imide groups is 1. The maximum atomic E-state index is 11.7. The smallest absolute Gasteiger partial charge is 0.331 e. The predicted octanol–water partition coefficient (Wildman–Crippen LogP) is 1.10. The Morgan fingerprint density at radius 1 is 1.12 bits per heavy atom. The monoisotopic (exact) mass is 336 g/mol. The molecule has 0 saturated carbocycles. The van der Waals surface area contributed by atoms with Crippen LogP contribution in [0.25, 0.3) is 6.08 Å². The van der Waals surface area contributed by atoms with Crippen molar-refractivity contribution in [3.63, 3.8) is 0 Å². The van der Waals surface area contributed by atoms with Gasteiger partial charge in [-0.3, -0.25) is 10.1 Å². The van der Waals surface area contributed by atoms with Crippen molar-refractivity contribution in [3.05, 3.63) is 29.8 Å². The van der Waals surface area contributed by atoms with Gasteiger partial charge in [-0.2, -0.15) is 0 Å². The Hall–Kier alpha value is -3.03. The van der Waals surface area contributed by atoms with E-state index >= 15 is 0 Å². The van der Waals surface area contributed by atoms with E-state index in [0.717, 1.165) is 0 Å². The summed E-state index contributed by atoms with van der Waals surface area (Å²) in [6.45, 7) is 1.36. The molecule has 0 saturated heterocycles. The van der Waals surface area contributed by atoms with Gasteiger partial charge in [0.1, 0.15) is 0 Å². The molecule has 1 aromatic rings. The molecule has 0 aliphatic carbocycles. The maximum Gasteiger partial charge on any atom is 0.331 e. The summed E-state index contributed by atoms with van der Waals surface area (Å²) in [6.07, 6.45) is 1.57. The van der Waals surface area contributed by atoms with Crippen molar-refractivity contribution < 1.29 is 28.6 Å². The summed E-state index contributed by atoms with van der Waals surface area (Å²) in [6, 6.07) is 4.43. The molecule has 0 aliphatic rings. The van der Waals surface area contributed by atoms with Gasteiger partial charge in [0.15, 0.2) is 17.6 Å². The van der Waals surface area contributed by atoms with Gasteiger partial charge in [0.2, 0.25) is 0 Å². The van der Waals surface area contributed by atoms with Crippen LogP contribution in [0.1, 0.15) is 12.5 Å². The van der Waals surface area contributed by atoms with E-state index in [2.05, 4.69) is 5.32 Å². The number of methoxy groups -OCH3 is 2. The molecule has 0 spiro atoms. The Bertz CT molecular complexity index is 641. The molecule has 0 bridgehead atoms. The summed E-state index contributed by atoms with van der Waals surface area (Å²) >= 11 is 0. The molecule has 0 heterocycles. The zero-order chi connectivity index (χ0) is 18.1. The zero-order valence-corrected chi connectivity index (χ0v) is 13.9. The normalized spacial score (nSPS) is 11.5. The lowest BCUT2D eigenvalue weighted by Crippen LogP contribution is -2.43. The average molecular weight is 336 g/mol. The van der Waals surface area contributed by atoms with Gasteiger partial charge < -0.3 is 19.5 Å². The number of hydrogen-bond acceptors (Lipinski definition) is 6. The van der Waals surface area contributed by atoms with Gasteiger partial charge >= 0.3 is 12.0 Å². The number of esters is 1. The first-order valence-corrected chi connectivity index (χ1v) is 7.04. The lowest BCUT2D eigenvalue weighted by atomic mass is 10.2. The van der Waals surface area contributed by atoms with Gasteiger partial charge in [0.05, 0.1) is 14.2 Å². The van der Waals surface area contributed by atoms with E-state index in [1.54, 1.807) is 18.2 Å². The Labute approximate surface area is 139 Å². The lowest BCUT2D eigenvalue weighted by Gasteiger charge is -2.11. The van der Waals surface area contributed by atoms with Crippen LogP contribution >= 0.6 is 0 Å². The number of hydrogen-bond donors (Lipinski definition) is 2. The third-order valence-corrected chi connectivity index (χ3v) is 2.95. The second-order valence-electron chi connectivity index (χ2n) is 4.60. The van der Waals surface area contributed by atoms with E-state index in [1.807, 2.05) is 5.32 Å². The lowest BCUT2D eigenvalue weighted by molar-refractivity contribution is -0.149. The van der Waals surface area contributed by atoms with E-state index in [-0.39, 0.29) is 0 Å². The highest BCUT2D eigenvalue weighted by Crippen LogP contribution is 2.27. The molecule has 1 rings (SSSR count). The number of carbonyl (C=O) groups excluding carboxylic acids is 3.